The topological polar surface area (TPSA) is 36.7 Å². The molecule has 0 radical (unpaired) electrons. The van der Waals surface area contributed by atoms with E-state index in [9.17, 15) is 0 Å². The quantitative estimate of drug-likeness (QED) is 0.412. The maximum Gasteiger partial charge on any atom is 0.0991 e. The summed E-state index contributed by atoms with van der Waals surface area (Å²) in [6, 6.07) is 28.3. The first-order chi connectivity index (χ1) is 12.2. The summed E-state index contributed by atoms with van der Waals surface area (Å²) in [5.74, 6) is 0. The van der Waals surface area contributed by atoms with Gasteiger partial charge in [0.15, 0.2) is 0 Å². The van der Waals surface area contributed by atoms with Crippen molar-refractivity contribution >= 4 is 26.8 Å². The first kappa shape index (κ1) is 15.6. The van der Waals surface area contributed by atoms with Gasteiger partial charge in [-0.2, -0.15) is 5.26 Å². The number of nitrogens with zero attached hydrogens (tertiary/aromatic N) is 2. The van der Waals surface area contributed by atoms with Gasteiger partial charge in [0, 0.05) is 15.4 Å². The lowest BCUT2D eigenvalue weighted by atomic mass is 9.98. The predicted molar refractivity (Wildman–Crippen MR) is 105 cm³/mol. The van der Waals surface area contributed by atoms with E-state index in [2.05, 4.69) is 46.3 Å². The van der Waals surface area contributed by atoms with Gasteiger partial charge in [-0.3, -0.25) is 0 Å². The Kier molecular flexibility index (Phi) is 4.05. The van der Waals surface area contributed by atoms with E-state index in [1.54, 1.807) is 0 Å². The minimum atomic E-state index is 0.650. The van der Waals surface area contributed by atoms with Crippen LogP contribution in [0.15, 0.2) is 83.3 Å². The zero-order chi connectivity index (χ0) is 17.2. The molecule has 3 aromatic carbocycles. The van der Waals surface area contributed by atoms with Crippen molar-refractivity contribution in [3.8, 4) is 28.5 Å². The summed E-state index contributed by atoms with van der Waals surface area (Å²) in [5, 5.41) is 10.1. The van der Waals surface area contributed by atoms with Crippen LogP contribution in [0.3, 0.4) is 0 Å². The summed E-state index contributed by atoms with van der Waals surface area (Å²) < 4.78 is 1.03. The monoisotopic (exact) mass is 384 g/mol. The van der Waals surface area contributed by atoms with Crippen molar-refractivity contribution in [1.29, 1.82) is 5.26 Å². The second-order valence-corrected chi connectivity index (χ2v) is 6.69. The van der Waals surface area contributed by atoms with Gasteiger partial charge in [-0.25, -0.2) is 4.98 Å². The molecule has 0 saturated carbocycles. The molecule has 0 aliphatic carbocycles. The van der Waals surface area contributed by atoms with Crippen LogP contribution in [0.2, 0.25) is 0 Å². The fourth-order valence-electron chi connectivity index (χ4n) is 2.92. The van der Waals surface area contributed by atoms with Crippen molar-refractivity contribution in [2.45, 2.75) is 0 Å². The van der Waals surface area contributed by atoms with Crippen LogP contribution < -0.4 is 0 Å². The third kappa shape index (κ3) is 3.05. The van der Waals surface area contributed by atoms with Crippen LogP contribution in [0.4, 0.5) is 0 Å². The number of nitriles is 1. The molecule has 0 aliphatic heterocycles. The van der Waals surface area contributed by atoms with Crippen LogP contribution in [0, 0.1) is 11.3 Å². The van der Waals surface area contributed by atoms with Gasteiger partial charge in [-0.1, -0.05) is 58.4 Å². The molecule has 0 fully saturated rings. The highest BCUT2D eigenvalue weighted by molar-refractivity contribution is 9.10. The third-order valence-electron chi connectivity index (χ3n) is 4.17. The third-order valence-corrected chi connectivity index (χ3v) is 4.66. The van der Waals surface area contributed by atoms with Crippen LogP contribution in [0.1, 0.15) is 5.56 Å². The Labute approximate surface area is 154 Å². The summed E-state index contributed by atoms with van der Waals surface area (Å²) in [6.45, 7) is 0. The predicted octanol–water partition coefficient (Wildman–Crippen LogP) is 6.20. The van der Waals surface area contributed by atoms with E-state index in [-0.39, 0.29) is 0 Å². The van der Waals surface area contributed by atoms with Crippen LogP contribution in [-0.4, -0.2) is 4.98 Å². The number of fused-ring (bicyclic) bond motifs is 1. The van der Waals surface area contributed by atoms with Crippen LogP contribution >= 0.6 is 15.9 Å². The Hall–Kier alpha value is -2.96. The average molecular weight is 385 g/mol. The van der Waals surface area contributed by atoms with Crippen LogP contribution in [-0.2, 0) is 0 Å². The van der Waals surface area contributed by atoms with E-state index >= 15 is 0 Å². The molecule has 4 rings (SSSR count). The smallest absolute Gasteiger partial charge is 0.0991 e. The van der Waals surface area contributed by atoms with Gasteiger partial charge in [0.25, 0.3) is 0 Å². The number of rotatable bonds is 2. The van der Waals surface area contributed by atoms with Crippen LogP contribution in [0.25, 0.3) is 33.3 Å². The maximum atomic E-state index is 8.99. The van der Waals surface area contributed by atoms with Gasteiger partial charge in [0.05, 0.1) is 22.8 Å². The van der Waals surface area contributed by atoms with E-state index in [0.717, 1.165) is 37.8 Å². The SMILES string of the molecule is N#Cc1ccc(-c2cc(-c3ccccc3)c3cc(Br)ccc3n2)cc1. The maximum absolute atomic E-state index is 8.99. The molecule has 1 aromatic heterocycles. The lowest BCUT2D eigenvalue weighted by molar-refractivity contribution is 1.39. The molecule has 1 heterocycles. The molecule has 0 amide bonds. The normalized spacial score (nSPS) is 10.6. The molecule has 0 saturated heterocycles. The first-order valence-corrected chi connectivity index (χ1v) is 8.70. The van der Waals surface area contributed by atoms with Gasteiger partial charge >= 0.3 is 0 Å². The number of pyridine rings is 1. The molecular weight excluding hydrogens is 372 g/mol. The highest BCUT2D eigenvalue weighted by Crippen LogP contribution is 2.33. The summed E-state index contributed by atoms with van der Waals surface area (Å²) in [6.07, 6.45) is 0. The number of aromatic nitrogens is 1. The van der Waals surface area contributed by atoms with Crippen molar-refractivity contribution in [2.24, 2.45) is 0 Å². The summed E-state index contributed by atoms with van der Waals surface area (Å²) in [4.78, 5) is 4.82. The molecule has 0 atom stereocenters. The molecule has 118 valence electrons. The summed E-state index contributed by atoms with van der Waals surface area (Å²) in [5.41, 5.74) is 5.80. The summed E-state index contributed by atoms with van der Waals surface area (Å²) in [7, 11) is 0. The van der Waals surface area contributed by atoms with E-state index in [1.807, 2.05) is 54.6 Å². The number of hydrogen-bond acceptors (Lipinski definition) is 2. The minimum absolute atomic E-state index is 0.650. The lowest BCUT2D eigenvalue weighted by Gasteiger charge is -2.11. The second kappa shape index (κ2) is 6.51. The minimum Gasteiger partial charge on any atom is -0.248 e. The molecule has 0 bridgehead atoms. The lowest BCUT2D eigenvalue weighted by Crippen LogP contribution is -1.90. The fourth-order valence-corrected chi connectivity index (χ4v) is 3.28. The van der Waals surface area contributed by atoms with Gasteiger partial charge in [0.1, 0.15) is 0 Å². The zero-order valence-corrected chi connectivity index (χ0v) is 14.9. The number of halogens is 1. The highest BCUT2D eigenvalue weighted by Gasteiger charge is 2.10. The van der Waals surface area contributed by atoms with E-state index in [1.165, 1.54) is 0 Å². The van der Waals surface area contributed by atoms with Crippen molar-refractivity contribution in [1.82, 2.24) is 4.98 Å². The van der Waals surface area contributed by atoms with E-state index < -0.39 is 0 Å². The molecule has 0 unspecified atom stereocenters. The van der Waals surface area contributed by atoms with Gasteiger partial charge in [-0.15, -0.1) is 0 Å². The number of hydrogen-bond donors (Lipinski definition) is 0. The Bertz CT molecular complexity index is 1090. The fraction of sp³-hybridized carbons (Fsp3) is 0. The molecule has 3 heteroatoms. The van der Waals surface area contributed by atoms with Gasteiger partial charge in [0.2, 0.25) is 0 Å². The van der Waals surface area contributed by atoms with Gasteiger partial charge < -0.3 is 0 Å². The summed E-state index contributed by atoms with van der Waals surface area (Å²) >= 11 is 3.56. The highest BCUT2D eigenvalue weighted by atomic mass is 79.9. The van der Waals surface area contributed by atoms with Crippen molar-refractivity contribution in [3.63, 3.8) is 0 Å². The molecule has 25 heavy (non-hydrogen) atoms. The first-order valence-electron chi connectivity index (χ1n) is 7.91. The Balaban J connectivity index is 1.98. The number of benzene rings is 3. The van der Waals surface area contributed by atoms with Crippen molar-refractivity contribution in [2.75, 3.05) is 0 Å². The largest absolute Gasteiger partial charge is 0.248 e. The second-order valence-electron chi connectivity index (χ2n) is 5.77. The molecule has 0 N–H and O–H groups in total. The Morgan fingerprint density at radius 1 is 0.800 bits per heavy atom. The zero-order valence-electron chi connectivity index (χ0n) is 13.3. The molecule has 4 aromatic rings. The van der Waals surface area contributed by atoms with Crippen molar-refractivity contribution in [3.05, 3.63) is 88.9 Å². The molecule has 0 spiro atoms. The average Bonchev–Trinajstić information content (AvgIpc) is 2.68. The van der Waals surface area contributed by atoms with E-state index in [4.69, 9.17) is 10.2 Å². The van der Waals surface area contributed by atoms with Crippen LogP contribution in [0.5, 0.6) is 0 Å². The van der Waals surface area contributed by atoms with Gasteiger partial charge in [-0.05, 0) is 47.5 Å². The molecular formula is C22H13BrN2. The molecule has 2 nitrogen and oxygen atoms in total. The molecule has 0 aliphatic rings. The standard InChI is InChI=1S/C22H13BrN2/c23-18-10-11-21-20(12-18)19(16-4-2-1-3-5-16)13-22(25-21)17-8-6-15(14-24)7-9-17/h1-13H. The Morgan fingerprint density at radius 3 is 2.28 bits per heavy atom. The Morgan fingerprint density at radius 2 is 1.56 bits per heavy atom. The van der Waals surface area contributed by atoms with E-state index in [0.29, 0.717) is 5.56 Å². The van der Waals surface area contributed by atoms with Crippen molar-refractivity contribution < 1.29 is 0 Å².